The molecule has 0 radical (unpaired) electrons. The molecule has 0 aliphatic heterocycles. The highest BCUT2D eigenvalue weighted by Crippen LogP contribution is 2.39. The molecular formula is C29H30N4O4. The van der Waals surface area contributed by atoms with E-state index >= 15 is 0 Å². The van der Waals surface area contributed by atoms with Gasteiger partial charge in [-0.25, -0.2) is 4.79 Å². The number of rotatable bonds is 6. The number of fused-ring (bicyclic) bond motifs is 1. The minimum Gasteiger partial charge on any atom is -0.492 e. The van der Waals surface area contributed by atoms with Gasteiger partial charge in [0.15, 0.2) is 5.75 Å². The number of hydrogen-bond acceptors (Lipinski definition) is 5. The second kappa shape index (κ2) is 10.6. The smallest absolute Gasteiger partial charge is 0.323 e. The number of nitrogens with one attached hydrogen (secondary N) is 3. The van der Waals surface area contributed by atoms with Crippen molar-refractivity contribution in [2.75, 3.05) is 23.1 Å². The molecule has 3 N–H and O–H groups in total. The van der Waals surface area contributed by atoms with Crippen LogP contribution in [0.4, 0.5) is 21.9 Å². The highest BCUT2D eigenvalue weighted by atomic mass is 16.5. The Labute approximate surface area is 216 Å². The van der Waals surface area contributed by atoms with E-state index in [1.807, 2.05) is 42.5 Å². The molecule has 0 aliphatic rings. The quantitative estimate of drug-likeness (QED) is 0.267. The number of anilines is 3. The first-order valence-corrected chi connectivity index (χ1v) is 11.8. The maximum atomic E-state index is 13.2. The molecule has 8 heteroatoms. The maximum Gasteiger partial charge on any atom is 0.323 e. The Hall–Kier alpha value is -4.59. The molecule has 3 aromatic carbocycles. The van der Waals surface area contributed by atoms with E-state index in [-0.39, 0.29) is 11.3 Å². The van der Waals surface area contributed by atoms with Crippen molar-refractivity contribution in [3.63, 3.8) is 0 Å². The highest BCUT2D eigenvalue weighted by molar-refractivity contribution is 6.08. The largest absolute Gasteiger partial charge is 0.492 e. The van der Waals surface area contributed by atoms with Crippen LogP contribution in [0.5, 0.6) is 17.2 Å². The number of carbonyl (C=O) groups is 2. The molecule has 0 saturated heterocycles. The summed E-state index contributed by atoms with van der Waals surface area (Å²) in [4.78, 5) is 29.0. The van der Waals surface area contributed by atoms with Crippen molar-refractivity contribution in [1.82, 2.24) is 4.98 Å². The number of ether oxygens (including phenoxy) is 2. The van der Waals surface area contributed by atoms with Gasteiger partial charge in [-0.2, -0.15) is 0 Å². The molecule has 0 spiro atoms. The number of carbonyl (C=O) groups excluding carboxylic acids is 2. The fourth-order valence-corrected chi connectivity index (χ4v) is 3.94. The van der Waals surface area contributed by atoms with E-state index < -0.39 is 6.03 Å². The van der Waals surface area contributed by atoms with Crippen molar-refractivity contribution in [2.24, 2.45) is 0 Å². The summed E-state index contributed by atoms with van der Waals surface area (Å²) in [5, 5.41) is 10.3. The lowest BCUT2D eigenvalue weighted by atomic mass is 9.86. The van der Waals surface area contributed by atoms with Crippen molar-refractivity contribution in [2.45, 2.75) is 33.1 Å². The van der Waals surface area contributed by atoms with Gasteiger partial charge in [-0.05, 0) is 47.4 Å². The van der Waals surface area contributed by atoms with Gasteiger partial charge < -0.3 is 25.4 Å². The molecule has 3 amide bonds. The van der Waals surface area contributed by atoms with Gasteiger partial charge in [-0.15, -0.1) is 0 Å². The van der Waals surface area contributed by atoms with Gasteiger partial charge in [0, 0.05) is 30.1 Å². The predicted octanol–water partition coefficient (Wildman–Crippen LogP) is 6.94. The lowest BCUT2D eigenvalue weighted by Crippen LogP contribution is -2.21. The van der Waals surface area contributed by atoms with Crippen LogP contribution < -0.4 is 25.4 Å². The van der Waals surface area contributed by atoms with Crippen LogP contribution in [0.2, 0.25) is 0 Å². The molecule has 0 aliphatic carbocycles. The SMILES string of the molecule is COc1c(NC(C)=O)cc(C(C)(C)C)cc1NC(=O)Nc1ccc(Oc2ccncc2)c2ccccc12. The molecule has 4 rings (SSSR count). The summed E-state index contributed by atoms with van der Waals surface area (Å²) in [7, 11) is 1.50. The van der Waals surface area contributed by atoms with Crippen molar-refractivity contribution >= 4 is 39.8 Å². The first kappa shape index (κ1) is 25.5. The third-order valence-corrected chi connectivity index (χ3v) is 5.73. The number of nitrogens with zero attached hydrogens (tertiary/aromatic N) is 1. The minimum atomic E-state index is -0.453. The number of hydrogen-bond donors (Lipinski definition) is 3. The van der Waals surface area contributed by atoms with Gasteiger partial charge in [0.05, 0.1) is 24.2 Å². The van der Waals surface area contributed by atoms with Gasteiger partial charge >= 0.3 is 6.03 Å². The van der Waals surface area contributed by atoms with Gasteiger partial charge in [-0.1, -0.05) is 45.0 Å². The molecule has 1 aromatic heterocycles. The molecule has 0 saturated carbocycles. The first-order chi connectivity index (χ1) is 17.7. The van der Waals surface area contributed by atoms with E-state index in [2.05, 4.69) is 41.7 Å². The number of methoxy groups -OCH3 is 1. The van der Waals surface area contributed by atoms with Crippen molar-refractivity contribution in [1.29, 1.82) is 0 Å². The standard InChI is InChI=1S/C29H30N4O4/c1-18(34)31-24-16-19(29(2,3)4)17-25(27(24)36-5)33-28(35)32-23-10-11-26(22-9-7-6-8-21(22)23)37-20-12-14-30-15-13-20/h6-17H,1-5H3,(H,31,34)(H2,32,33,35). The zero-order valence-corrected chi connectivity index (χ0v) is 21.5. The number of pyridine rings is 1. The van der Waals surface area contributed by atoms with Gasteiger partial charge in [0.1, 0.15) is 11.5 Å². The summed E-state index contributed by atoms with van der Waals surface area (Å²) in [6.07, 6.45) is 3.33. The summed E-state index contributed by atoms with van der Waals surface area (Å²) in [6.45, 7) is 7.59. The van der Waals surface area contributed by atoms with Crippen molar-refractivity contribution in [3.8, 4) is 17.2 Å². The molecule has 0 unspecified atom stereocenters. The monoisotopic (exact) mass is 498 g/mol. The Morgan fingerprint density at radius 2 is 1.43 bits per heavy atom. The third kappa shape index (κ3) is 5.98. The molecule has 8 nitrogen and oxygen atoms in total. The summed E-state index contributed by atoms with van der Waals surface area (Å²) in [6, 6.07) is 18.1. The average Bonchev–Trinajstić information content (AvgIpc) is 2.85. The van der Waals surface area contributed by atoms with Crippen LogP contribution in [0.15, 0.2) is 73.1 Å². The molecule has 1 heterocycles. The van der Waals surface area contributed by atoms with Crippen LogP contribution in [0.1, 0.15) is 33.3 Å². The number of urea groups is 1. The molecule has 190 valence electrons. The lowest BCUT2D eigenvalue weighted by molar-refractivity contribution is -0.114. The summed E-state index contributed by atoms with van der Waals surface area (Å²) in [5.41, 5.74) is 2.24. The van der Waals surface area contributed by atoms with E-state index in [1.165, 1.54) is 14.0 Å². The van der Waals surface area contributed by atoms with Crippen LogP contribution in [-0.2, 0) is 10.2 Å². The van der Waals surface area contributed by atoms with Crippen LogP contribution in [0, 0.1) is 0 Å². The van der Waals surface area contributed by atoms with E-state index in [9.17, 15) is 9.59 Å². The molecule has 4 aromatic rings. The van der Waals surface area contributed by atoms with E-state index in [0.717, 1.165) is 16.3 Å². The number of amides is 3. The Morgan fingerprint density at radius 3 is 2.05 bits per heavy atom. The summed E-state index contributed by atoms with van der Waals surface area (Å²) >= 11 is 0. The topological polar surface area (TPSA) is 102 Å². The van der Waals surface area contributed by atoms with E-state index in [1.54, 1.807) is 30.6 Å². The Morgan fingerprint density at radius 1 is 0.811 bits per heavy atom. The fourth-order valence-electron chi connectivity index (χ4n) is 3.94. The summed E-state index contributed by atoms with van der Waals surface area (Å²) < 4.78 is 11.6. The fraction of sp³-hybridized carbons (Fsp3) is 0.207. The van der Waals surface area contributed by atoms with Crippen LogP contribution in [0.25, 0.3) is 10.8 Å². The normalized spacial score (nSPS) is 11.1. The van der Waals surface area contributed by atoms with Crippen LogP contribution in [-0.4, -0.2) is 24.0 Å². The van der Waals surface area contributed by atoms with Gasteiger partial charge in [0.2, 0.25) is 5.91 Å². The zero-order chi connectivity index (χ0) is 26.6. The van der Waals surface area contributed by atoms with Gasteiger partial charge in [0.25, 0.3) is 0 Å². The molecular weight excluding hydrogens is 468 g/mol. The highest BCUT2D eigenvalue weighted by Gasteiger charge is 2.21. The third-order valence-electron chi connectivity index (χ3n) is 5.73. The van der Waals surface area contributed by atoms with Crippen molar-refractivity contribution < 1.29 is 19.1 Å². The number of aromatic nitrogens is 1. The number of benzene rings is 3. The molecule has 0 fully saturated rings. The zero-order valence-electron chi connectivity index (χ0n) is 21.5. The Bertz CT molecular complexity index is 1450. The van der Waals surface area contributed by atoms with Crippen LogP contribution >= 0.6 is 0 Å². The first-order valence-electron chi connectivity index (χ1n) is 11.8. The molecule has 37 heavy (non-hydrogen) atoms. The van der Waals surface area contributed by atoms with Gasteiger partial charge in [-0.3, -0.25) is 9.78 Å². The molecule has 0 atom stereocenters. The minimum absolute atomic E-state index is 0.229. The maximum absolute atomic E-state index is 13.2. The second-order valence-electron chi connectivity index (χ2n) is 9.56. The second-order valence-corrected chi connectivity index (χ2v) is 9.56. The average molecular weight is 499 g/mol. The molecule has 0 bridgehead atoms. The summed E-state index contributed by atoms with van der Waals surface area (Å²) in [5.74, 6) is 1.45. The van der Waals surface area contributed by atoms with E-state index in [4.69, 9.17) is 9.47 Å². The Kier molecular flexibility index (Phi) is 7.29. The van der Waals surface area contributed by atoms with Crippen molar-refractivity contribution in [3.05, 3.63) is 78.6 Å². The lowest BCUT2D eigenvalue weighted by Gasteiger charge is -2.24. The predicted molar refractivity (Wildman–Crippen MR) is 147 cm³/mol. The van der Waals surface area contributed by atoms with E-state index in [0.29, 0.717) is 34.3 Å². The van der Waals surface area contributed by atoms with Crippen LogP contribution in [0.3, 0.4) is 0 Å². The Balaban J connectivity index is 1.65.